The first-order valence-corrected chi connectivity index (χ1v) is 10.6. The van der Waals surface area contributed by atoms with E-state index in [0.717, 1.165) is 37.0 Å². The minimum absolute atomic E-state index is 0.195. The number of aromatic nitrogens is 1. The van der Waals surface area contributed by atoms with Crippen molar-refractivity contribution in [2.24, 2.45) is 4.99 Å². The van der Waals surface area contributed by atoms with Crippen molar-refractivity contribution in [3.8, 4) is 0 Å². The Morgan fingerprint density at radius 2 is 2.31 bits per heavy atom. The lowest BCUT2D eigenvalue weighted by Crippen LogP contribution is -2.41. The molecule has 0 radical (unpaired) electrons. The van der Waals surface area contributed by atoms with Crippen molar-refractivity contribution < 1.29 is 4.79 Å². The summed E-state index contributed by atoms with van der Waals surface area (Å²) in [5.41, 5.74) is 1.30. The van der Waals surface area contributed by atoms with Crippen LogP contribution >= 0.6 is 22.7 Å². The summed E-state index contributed by atoms with van der Waals surface area (Å²) in [4.78, 5) is 25.9. The van der Waals surface area contributed by atoms with E-state index in [-0.39, 0.29) is 5.91 Å². The van der Waals surface area contributed by atoms with Gasteiger partial charge in [-0.15, -0.1) is 22.7 Å². The normalized spacial score (nSPS) is 14.2. The molecule has 1 aliphatic rings. The maximum Gasteiger partial charge on any atom is 0.224 e. The lowest BCUT2D eigenvalue weighted by Gasteiger charge is -2.27. The van der Waals surface area contributed by atoms with Gasteiger partial charge in [0, 0.05) is 48.6 Å². The standard InChI is InChI=1S/C18H25N5OS2/c1-3-19-18(22-11-16-21-10-13(2)26-16)20-7-4-17(24)23-8-5-15-14(12-23)6-9-25-15/h6,9-10H,3-5,7-8,11-12H2,1-2H3,(H2,19,20,22). The van der Waals surface area contributed by atoms with Gasteiger partial charge < -0.3 is 15.5 Å². The molecule has 3 rings (SSSR count). The molecule has 0 saturated carbocycles. The minimum Gasteiger partial charge on any atom is -0.357 e. The second-order valence-electron chi connectivity index (χ2n) is 6.17. The van der Waals surface area contributed by atoms with E-state index in [1.165, 1.54) is 15.3 Å². The number of carbonyl (C=O) groups is 1. The van der Waals surface area contributed by atoms with Crippen molar-refractivity contribution in [2.45, 2.75) is 39.8 Å². The van der Waals surface area contributed by atoms with Crippen LogP contribution in [0.25, 0.3) is 0 Å². The smallest absolute Gasteiger partial charge is 0.224 e. The fourth-order valence-corrected chi connectivity index (χ4v) is 4.47. The molecule has 0 aliphatic carbocycles. The molecule has 8 heteroatoms. The van der Waals surface area contributed by atoms with E-state index < -0.39 is 0 Å². The number of hydrogen-bond acceptors (Lipinski definition) is 5. The van der Waals surface area contributed by atoms with Crippen LogP contribution in [-0.4, -0.2) is 41.4 Å². The number of guanidine groups is 1. The highest BCUT2D eigenvalue weighted by atomic mass is 32.1. The SMILES string of the molecule is CCNC(=NCc1ncc(C)s1)NCCC(=O)N1CCc2sccc2C1. The largest absolute Gasteiger partial charge is 0.357 e. The summed E-state index contributed by atoms with van der Waals surface area (Å²) >= 11 is 3.45. The zero-order valence-electron chi connectivity index (χ0n) is 15.2. The number of thiazole rings is 1. The van der Waals surface area contributed by atoms with E-state index in [1.807, 2.05) is 24.9 Å². The average molecular weight is 392 g/mol. The molecule has 140 valence electrons. The number of aliphatic imine (C=N–C) groups is 1. The molecule has 1 amide bonds. The summed E-state index contributed by atoms with van der Waals surface area (Å²) in [6.07, 6.45) is 3.32. The van der Waals surface area contributed by atoms with Crippen LogP contribution in [0.3, 0.4) is 0 Å². The van der Waals surface area contributed by atoms with Crippen molar-refractivity contribution in [3.63, 3.8) is 0 Å². The van der Waals surface area contributed by atoms with Crippen LogP contribution in [0.15, 0.2) is 22.6 Å². The Kier molecular flexibility index (Phi) is 6.62. The Hall–Kier alpha value is -1.93. The van der Waals surface area contributed by atoms with Gasteiger partial charge in [0.05, 0.1) is 6.54 Å². The average Bonchev–Trinajstić information content (AvgIpc) is 3.27. The number of nitrogens with one attached hydrogen (secondary N) is 2. The summed E-state index contributed by atoms with van der Waals surface area (Å²) in [7, 11) is 0. The third-order valence-corrected chi connectivity index (χ3v) is 6.10. The van der Waals surface area contributed by atoms with E-state index in [9.17, 15) is 4.79 Å². The third-order valence-electron chi connectivity index (χ3n) is 4.18. The maximum atomic E-state index is 12.5. The number of nitrogens with zero attached hydrogens (tertiary/aromatic N) is 3. The summed E-state index contributed by atoms with van der Waals surface area (Å²) in [5, 5.41) is 9.58. The van der Waals surface area contributed by atoms with E-state index >= 15 is 0 Å². The van der Waals surface area contributed by atoms with Crippen LogP contribution in [0, 0.1) is 6.92 Å². The van der Waals surface area contributed by atoms with Gasteiger partial charge >= 0.3 is 0 Å². The first-order chi connectivity index (χ1) is 12.7. The summed E-state index contributed by atoms with van der Waals surface area (Å²) < 4.78 is 0. The fraction of sp³-hybridized carbons (Fsp3) is 0.500. The molecule has 0 bridgehead atoms. The Morgan fingerprint density at radius 1 is 1.42 bits per heavy atom. The Labute approximate surface area is 162 Å². The number of carbonyl (C=O) groups excluding carboxylic acids is 1. The highest BCUT2D eigenvalue weighted by molar-refractivity contribution is 7.11. The van der Waals surface area contributed by atoms with Crippen molar-refractivity contribution in [1.29, 1.82) is 0 Å². The zero-order valence-corrected chi connectivity index (χ0v) is 16.9. The molecular formula is C18H25N5OS2. The molecule has 2 aromatic heterocycles. The Morgan fingerprint density at radius 3 is 3.08 bits per heavy atom. The molecule has 0 saturated heterocycles. The highest BCUT2D eigenvalue weighted by Crippen LogP contribution is 2.24. The van der Waals surface area contributed by atoms with Gasteiger partial charge in [0.2, 0.25) is 5.91 Å². The molecule has 2 aromatic rings. The molecule has 3 heterocycles. The van der Waals surface area contributed by atoms with Gasteiger partial charge in [-0.3, -0.25) is 4.79 Å². The summed E-state index contributed by atoms with van der Waals surface area (Å²) in [5.74, 6) is 0.924. The Balaban J connectivity index is 1.46. The number of rotatable bonds is 6. The first kappa shape index (κ1) is 18.8. The van der Waals surface area contributed by atoms with Crippen LogP contribution in [0.5, 0.6) is 0 Å². The van der Waals surface area contributed by atoms with Crippen molar-refractivity contribution in [2.75, 3.05) is 19.6 Å². The van der Waals surface area contributed by atoms with E-state index in [1.54, 1.807) is 22.7 Å². The molecule has 0 spiro atoms. The van der Waals surface area contributed by atoms with Crippen LogP contribution in [0.2, 0.25) is 0 Å². The molecule has 0 aromatic carbocycles. The maximum absolute atomic E-state index is 12.5. The number of aryl methyl sites for hydroxylation is 1. The van der Waals surface area contributed by atoms with Gasteiger partial charge in [-0.25, -0.2) is 9.98 Å². The van der Waals surface area contributed by atoms with Crippen LogP contribution < -0.4 is 10.6 Å². The molecule has 26 heavy (non-hydrogen) atoms. The molecule has 0 unspecified atom stereocenters. The van der Waals surface area contributed by atoms with Gasteiger partial charge in [0.25, 0.3) is 0 Å². The predicted molar refractivity (Wildman–Crippen MR) is 108 cm³/mol. The summed E-state index contributed by atoms with van der Waals surface area (Å²) in [6, 6.07) is 2.13. The second-order valence-corrected chi connectivity index (χ2v) is 8.49. The van der Waals surface area contributed by atoms with E-state index in [2.05, 4.69) is 32.1 Å². The van der Waals surface area contributed by atoms with Gasteiger partial charge in [-0.1, -0.05) is 0 Å². The molecule has 2 N–H and O–H groups in total. The number of hydrogen-bond donors (Lipinski definition) is 2. The van der Waals surface area contributed by atoms with E-state index in [4.69, 9.17) is 0 Å². The first-order valence-electron chi connectivity index (χ1n) is 8.92. The van der Waals surface area contributed by atoms with Crippen molar-refractivity contribution in [3.05, 3.63) is 38.0 Å². The van der Waals surface area contributed by atoms with Crippen LogP contribution in [0.1, 0.15) is 33.7 Å². The second kappa shape index (κ2) is 9.14. The number of thiophene rings is 1. The molecule has 1 aliphatic heterocycles. The van der Waals surface area contributed by atoms with Gasteiger partial charge in [-0.05, 0) is 37.3 Å². The van der Waals surface area contributed by atoms with Crippen molar-refractivity contribution >= 4 is 34.5 Å². The van der Waals surface area contributed by atoms with Gasteiger partial charge in [0.15, 0.2) is 5.96 Å². The predicted octanol–water partition coefficient (Wildman–Crippen LogP) is 2.54. The van der Waals surface area contributed by atoms with Gasteiger partial charge in [0.1, 0.15) is 5.01 Å². The number of amides is 1. The molecule has 6 nitrogen and oxygen atoms in total. The fourth-order valence-electron chi connectivity index (χ4n) is 2.87. The zero-order chi connectivity index (χ0) is 18.4. The van der Waals surface area contributed by atoms with Gasteiger partial charge in [-0.2, -0.15) is 0 Å². The lowest BCUT2D eigenvalue weighted by atomic mass is 10.1. The van der Waals surface area contributed by atoms with Crippen LogP contribution in [-0.2, 0) is 24.3 Å². The Bertz CT molecular complexity index is 767. The lowest BCUT2D eigenvalue weighted by molar-refractivity contribution is -0.131. The third kappa shape index (κ3) is 5.04. The topological polar surface area (TPSA) is 69.6 Å². The molecule has 0 atom stereocenters. The quantitative estimate of drug-likeness (QED) is 0.586. The monoisotopic (exact) mass is 391 g/mol. The van der Waals surface area contributed by atoms with Crippen LogP contribution in [0.4, 0.5) is 0 Å². The van der Waals surface area contributed by atoms with E-state index in [0.29, 0.717) is 19.5 Å². The molecule has 0 fully saturated rings. The number of fused-ring (bicyclic) bond motifs is 1. The highest BCUT2D eigenvalue weighted by Gasteiger charge is 2.20. The van der Waals surface area contributed by atoms with Crippen molar-refractivity contribution in [1.82, 2.24) is 20.5 Å². The summed E-state index contributed by atoms with van der Waals surface area (Å²) in [6.45, 7) is 7.55. The minimum atomic E-state index is 0.195. The molecular weight excluding hydrogens is 366 g/mol.